The zero-order chi connectivity index (χ0) is 13.8. The van der Waals surface area contributed by atoms with Crippen molar-refractivity contribution >= 4 is 0 Å². The first kappa shape index (κ1) is 14.2. The average molecular weight is 265 g/mol. The van der Waals surface area contributed by atoms with Crippen LogP contribution in [0.4, 0.5) is 0 Å². The summed E-state index contributed by atoms with van der Waals surface area (Å²) in [5.74, 6) is 1.55. The van der Waals surface area contributed by atoms with Crippen LogP contribution in [0.2, 0.25) is 0 Å². The van der Waals surface area contributed by atoms with E-state index in [1.54, 1.807) is 0 Å². The van der Waals surface area contributed by atoms with E-state index < -0.39 is 6.10 Å². The van der Waals surface area contributed by atoms with Gasteiger partial charge in [-0.1, -0.05) is 26.0 Å². The van der Waals surface area contributed by atoms with Crippen LogP contribution in [0.25, 0.3) is 0 Å². The number of ether oxygens (including phenoxy) is 2. The van der Waals surface area contributed by atoms with Crippen molar-refractivity contribution in [3.8, 4) is 11.5 Å². The summed E-state index contributed by atoms with van der Waals surface area (Å²) >= 11 is 0. The summed E-state index contributed by atoms with van der Waals surface area (Å²) in [6.07, 6.45) is -0.496. The molecule has 0 radical (unpaired) electrons. The lowest BCUT2D eigenvalue weighted by molar-refractivity contribution is 0.00241. The van der Waals surface area contributed by atoms with Gasteiger partial charge in [-0.05, 0) is 26.1 Å². The molecule has 106 valence electrons. The van der Waals surface area contributed by atoms with E-state index in [9.17, 15) is 5.11 Å². The molecule has 4 heteroatoms. The van der Waals surface area contributed by atoms with Crippen LogP contribution in [0.15, 0.2) is 18.2 Å². The number of aliphatic hydroxyl groups excluding tert-OH is 1. The van der Waals surface area contributed by atoms with E-state index in [2.05, 4.69) is 18.7 Å². The summed E-state index contributed by atoms with van der Waals surface area (Å²) in [4.78, 5) is 2.25. The molecular formula is C15H23NO3. The second kappa shape index (κ2) is 6.26. The molecule has 1 aliphatic heterocycles. The minimum absolute atomic E-state index is 0.0147. The van der Waals surface area contributed by atoms with Gasteiger partial charge in [0.1, 0.15) is 12.7 Å². The first-order valence-electron chi connectivity index (χ1n) is 7.03. The Balaban J connectivity index is 2.41. The van der Waals surface area contributed by atoms with Gasteiger partial charge in [0, 0.05) is 5.56 Å². The minimum atomic E-state index is -0.496. The monoisotopic (exact) mass is 265 g/mol. The maximum absolute atomic E-state index is 10.3. The van der Waals surface area contributed by atoms with Gasteiger partial charge in [-0.25, -0.2) is 0 Å². The molecule has 0 saturated carbocycles. The third-order valence-corrected chi connectivity index (χ3v) is 3.60. The molecule has 0 aromatic heterocycles. The van der Waals surface area contributed by atoms with Crippen LogP contribution in [0.3, 0.4) is 0 Å². The Morgan fingerprint density at radius 3 is 2.68 bits per heavy atom. The molecular weight excluding hydrogens is 242 g/mol. The Hall–Kier alpha value is -1.26. The van der Waals surface area contributed by atoms with Gasteiger partial charge in [0.2, 0.25) is 0 Å². The van der Waals surface area contributed by atoms with E-state index in [-0.39, 0.29) is 6.04 Å². The van der Waals surface area contributed by atoms with Crippen LogP contribution in [0, 0.1) is 0 Å². The number of rotatable bonds is 5. The fourth-order valence-electron chi connectivity index (χ4n) is 2.71. The lowest BCUT2D eigenvalue weighted by atomic mass is 9.96. The number of likely N-dealkylation sites (N-methyl/N-ethyl adjacent to an activating group) is 1. The first-order chi connectivity index (χ1) is 9.22. The Morgan fingerprint density at radius 2 is 2.05 bits per heavy atom. The lowest BCUT2D eigenvalue weighted by Gasteiger charge is -2.38. The van der Waals surface area contributed by atoms with E-state index in [1.807, 2.05) is 25.1 Å². The van der Waals surface area contributed by atoms with E-state index in [4.69, 9.17) is 9.47 Å². The Labute approximate surface area is 114 Å². The number of para-hydroxylation sites is 1. The molecule has 0 fully saturated rings. The van der Waals surface area contributed by atoms with Crippen molar-refractivity contribution in [3.63, 3.8) is 0 Å². The predicted molar refractivity (Wildman–Crippen MR) is 74.8 cm³/mol. The molecule has 2 atom stereocenters. The van der Waals surface area contributed by atoms with Gasteiger partial charge in [0.15, 0.2) is 11.5 Å². The molecule has 19 heavy (non-hydrogen) atoms. The van der Waals surface area contributed by atoms with Gasteiger partial charge >= 0.3 is 0 Å². The lowest BCUT2D eigenvalue weighted by Crippen LogP contribution is -2.42. The summed E-state index contributed by atoms with van der Waals surface area (Å²) in [7, 11) is 0. The van der Waals surface area contributed by atoms with E-state index >= 15 is 0 Å². The summed E-state index contributed by atoms with van der Waals surface area (Å²) < 4.78 is 11.3. The highest BCUT2D eigenvalue weighted by Gasteiger charge is 2.34. The summed E-state index contributed by atoms with van der Waals surface area (Å²) in [6, 6.07) is 5.88. The van der Waals surface area contributed by atoms with Crippen molar-refractivity contribution < 1.29 is 14.6 Å². The van der Waals surface area contributed by atoms with Crippen molar-refractivity contribution in [1.29, 1.82) is 0 Å². The Bertz CT molecular complexity index is 418. The maximum atomic E-state index is 10.3. The number of fused-ring (bicyclic) bond motifs is 1. The smallest absolute Gasteiger partial charge is 0.166 e. The average Bonchev–Trinajstić information content (AvgIpc) is 2.43. The van der Waals surface area contributed by atoms with Gasteiger partial charge < -0.3 is 14.6 Å². The summed E-state index contributed by atoms with van der Waals surface area (Å²) in [5, 5.41) is 10.3. The van der Waals surface area contributed by atoms with Crippen molar-refractivity contribution in [2.45, 2.75) is 32.9 Å². The molecule has 0 saturated heterocycles. The van der Waals surface area contributed by atoms with E-state index in [0.29, 0.717) is 13.2 Å². The molecule has 0 aliphatic carbocycles. The van der Waals surface area contributed by atoms with Crippen LogP contribution >= 0.6 is 0 Å². The van der Waals surface area contributed by atoms with Crippen molar-refractivity contribution in [2.75, 3.05) is 26.3 Å². The number of hydrogen-bond donors (Lipinski definition) is 1. The van der Waals surface area contributed by atoms with Crippen LogP contribution in [-0.2, 0) is 0 Å². The molecule has 0 spiro atoms. The zero-order valence-electron chi connectivity index (χ0n) is 11.9. The van der Waals surface area contributed by atoms with Crippen LogP contribution in [0.5, 0.6) is 11.5 Å². The van der Waals surface area contributed by atoms with E-state index in [1.165, 1.54) is 0 Å². The van der Waals surface area contributed by atoms with Crippen molar-refractivity contribution in [3.05, 3.63) is 23.8 Å². The number of nitrogens with zero attached hydrogens (tertiary/aromatic N) is 1. The fraction of sp³-hybridized carbons (Fsp3) is 0.600. The van der Waals surface area contributed by atoms with Crippen molar-refractivity contribution in [2.24, 2.45) is 0 Å². The predicted octanol–water partition coefficient (Wildman–Crippen LogP) is 2.22. The number of aliphatic hydroxyl groups is 1. The van der Waals surface area contributed by atoms with Gasteiger partial charge in [-0.15, -0.1) is 0 Å². The third kappa shape index (κ3) is 2.69. The highest BCUT2D eigenvalue weighted by molar-refractivity contribution is 5.49. The van der Waals surface area contributed by atoms with Crippen LogP contribution < -0.4 is 9.47 Å². The second-order valence-corrected chi connectivity index (χ2v) is 4.65. The van der Waals surface area contributed by atoms with E-state index in [0.717, 1.165) is 30.2 Å². The SMILES string of the molecule is CCOc1cccc2c1OCC(O)C2N(CC)CC. The molecule has 1 aromatic rings. The normalized spacial score (nSPS) is 21.9. The first-order valence-corrected chi connectivity index (χ1v) is 7.03. The second-order valence-electron chi connectivity index (χ2n) is 4.65. The minimum Gasteiger partial charge on any atom is -0.490 e. The highest BCUT2D eigenvalue weighted by atomic mass is 16.5. The molecule has 1 heterocycles. The number of benzene rings is 1. The number of hydrogen-bond acceptors (Lipinski definition) is 4. The molecule has 2 unspecified atom stereocenters. The van der Waals surface area contributed by atoms with Gasteiger partial charge in [0.25, 0.3) is 0 Å². The largest absolute Gasteiger partial charge is 0.490 e. The Morgan fingerprint density at radius 1 is 1.32 bits per heavy atom. The van der Waals surface area contributed by atoms with Crippen molar-refractivity contribution in [1.82, 2.24) is 4.90 Å². The molecule has 0 bridgehead atoms. The fourth-order valence-corrected chi connectivity index (χ4v) is 2.71. The maximum Gasteiger partial charge on any atom is 0.166 e. The molecule has 1 aromatic carbocycles. The van der Waals surface area contributed by atoms with Crippen LogP contribution in [0.1, 0.15) is 32.4 Å². The Kier molecular flexibility index (Phi) is 4.66. The van der Waals surface area contributed by atoms with Gasteiger partial charge in [-0.2, -0.15) is 0 Å². The molecule has 2 rings (SSSR count). The molecule has 0 amide bonds. The standard InChI is InChI=1S/C15H23NO3/c1-4-16(5-2)14-11-8-7-9-13(18-6-3)15(11)19-10-12(14)17/h7-9,12,14,17H,4-6,10H2,1-3H3. The summed E-state index contributed by atoms with van der Waals surface area (Å²) in [5.41, 5.74) is 1.02. The third-order valence-electron chi connectivity index (χ3n) is 3.60. The molecule has 1 aliphatic rings. The van der Waals surface area contributed by atoms with Gasteiger partial charge in [-0.3, -0.25) is 4.90 Å². The molecule has 4 nitrogen and oxygen atoms in total. The topological polar surface area (TPSA) is 41.9 Å². The van der Waals surface area contributed by atoms with Crippen LogP contribution in [-0.4, -0.2) is 42.4 Å². The quantitative estimate of drug-likeness (QED) is 0.886. The summed E-state index contributed by atoms with van der Waals surface area (Å²) in [6.45, 7) is 8.90. The zero-order valence-corrected chi connectivity index (χ0v) is 11.9. The molecule has 1 N–H and O–H groups in total. The van der Waals surface area contributed by atoms with Gasteiger partial charge in [0.05, 0.1) is 12.6 Å². The highest BCUT2D eigenvalue weighted by Crippen LogP contribution is 2.41.